The number of amides is 1. The largest absolute Gasteiger partial charge is 0.503 e. The summed E-state index contributed by atoms with van der Waals surface area (Å²) in [6.45, 7) is 0.273. The van der Waals surface area contributed by atoms with Crippen LogP contribution in [0.15, 0.2) is 78.8 Å². The molecule has 0 unspecified atom stereocenters. The highest BCUT2D eigenvalue weighted by Crippen LogP contribution is 2.44. The normalized spacial score (nSPS) is 15.2. The number of benzene rings is 3. The molecule has 0 saturated heterocycles. The molecule has 166 valence electrons. The molecule has 0 radical (unpaired) electrons. The topological polar surface area (TPSA) is 80.0 Å². The molecule has 0 fully saturated rings. The summed E-state index contributed by atoms with van der Waals surface area (Å²) in [4.78, 5) is 28.8. The molecule has 1 aliphatic heterocycles. The molecule has 0 spiro atoms. The first-order valence-corrected chi connectivity index (χ1v) is 11.6. The fourth-order valence-corrected chi connectivity index (χ4v) is 5.01. The SMILES string of the molecule is COc1cc([C@@H]2c3c(oc4ccc(Br)cc4c3=O)C(=O)N2Cc2ccccc2)cc(Br)c1O. The second-order valence-corrected chi connectivity index (χ2v) is 9.46. The van der Waals surface area contributed by atoms with Crippen LogP contribution in [0, 0.1) is 0 Å². The van der Waals surface area contributed by atoms with E-state index < -0.39 is 6.04 Å². The molecular formula is C25H17Br2NO5. The van der Waals surface area contributed by atoms with E-state index in [1.54, 1.807) is 35.2 Å². The van der Waals surface area contributed by atoms with E-state index in [0.29, 0.717) is 21.0 Å². The number of hydrogen-bond donors (Lipinski definition) is 1. The summed E-state index contributed by atoms with van der Waals surface area (Å²) in [6.07, 6.45) is 0. The van der Waals surface area contributed by atoms with Gasteiger partial charge in [0.1, 0.15) is 5.58 Å². The van der Waals surface area contributed by atoms with Crippen LogP contribution in [-0.4, -0.2) is 23.0 Å². The summed E-state index contributed by atoms with van der Waals surface area (Å²) in [7, 11) is 1.44. The van der Waals surface area contributed by atoms with Gasteiger partial charge in [0.25, 0.3) is 5.91 Å². The Bertz CT molecular complexity index is 1470. The van der Waals surface area contributed by atoms with Gasteiger partial charge in [0, 0.05) is 11.0 Å². The van der Waals surface area contributed by atoms with Crippen molar-refractivity contribution in [2.24, 2.45) is 0 Å². The third-order valence-electron chi connectivity index (χ3n) is 5.71. The second-order valence-electron chi connectivity index (χ2n) is 7.69. The second kappa shape index (κ2) is 8.35. The molecule has 1 aromatic heterocycles. The number of halogens is 2. The Morgan fingerprint density at radius 1 is 1.06 bits per heavy atom. The summed E-state index contributed by atoms with van der Waals surface area (Å²) in [5, 5.41) is 10.7. The molecule has 5 rings (SSSR count). The maximum absolute atomic E-state index is 13.7. The maximum atomic E-state index is 13.7. The number of ether oxygens (including phenoxy) is 1. The van der Waals surface area contributed by atoms with Gasteiger partial charge in [-0.25, -0.2) is 0 Å². The average molecular weight is 571 g/mol. The van der Waals surface area contributed by atoms with E-state index in [1.165, 1.54) is 7.11 Å². The van der Waals surface area contributed by atoms with E-state index in [9.17, 15) is 14.7 Å². The minimum Gasteiger partial charge on any atom is -0.503 e. The standard InChI is InChI=1S/C25H17Br2NO5/c1-32-19-10-14(9-17(27)23(19)30)21-20-22(29)16-11-15(26)7-8-18(16)33-24(20)25(31)28(21)12-13-5-3-2-4-6-13/h2-11,21,30H,12H2,1H3/t21-/m1/s1. The van der Waals surface area contributed by atoms with Crippen LogP contribution in [0.3, 0.4) is 0 Å². The van der Waals surface area contributed by atoms with E-state index in [2.05, 4.69) is 31.9 Å². The third kappa shape index (κ3) is 3.63. The molecule has 4 aromatic rings. The number of rotatable bonds is 4. The van der Waals surface area contributed by atoms with Crippen molar-refractivity contribution in [2.75, 3.05) is 7.11 Å². The highest BCUT2D eigenvalue weighted by atomic mass is 79.9. The molecule has 8 heteroatoms. The van der Waals surface area contributed by atoms with E-state index in [4.69, 9.17) is 9.15 Å². The monoisotopic (exact) mass is 569 g/mol. The van der Waals surface area contributed by atoms with Crippen LogP contribution in [0.5, 0.6) is 11.5 Å². The van der Waals surface area contributed by atoms with Crippen molar-refractivity contribution in [3.8, 4) is 11.5 Å². The van der Waals surface area contributed by atoms with Crippen LogP contribution in [-0.2, 0) is 6.54 Å². The lowest BCUT2D eigenvalue weighted by atomic mass is 9.97. The predicted octanol–water partition coefficient (Wildman–Crippen LogP) is 5.78. The van der Waals surface area contributed by atoms with Crippen LogP contribution >= 0.6 is 31.9 Å². The van der Waals surface area contributed by atoms with E-state index in [-0.39, 0.29) is 40.7 Å². The molecule has 0 bridgehead atoms. The lowest BCUT2D eigenvalue weighted by Crippen LogP contribution is -2.29. The fraction of sp³-hybridized carbons (Fsp3) is 0.120. The Morgan fingerprint density at radius 2 is 1.82 bits per heavy atom. The van der Waals surface area contributed by atoms with Crippen molar-refractivity contribution in [3.63, 3.8) is 0 Å². The summed E-state index contributed by atoms with van der Waals surface area (Å²) in [6, 6.07) is 17.3. The average Bonchev–Trinajstić information content (AvgIpc) is 3.08. The van der Waals surface area contributed by atoms with Gasteiger partial charge in [0.15, 0.2) is 16.9 Å². The van der Waals surface area contributed by atoms with E-state index in [0.717, 1.165) is 10.0 Å². The number of phenolic OH excluding ortho intramolecular Hbond substituents is 1. The first-order valence-electron chi connectivity index (χ1n) is 10.1. The number of fused-ring (bicyclic) bond motifs is 2. The Morgan fingerprint density at radius 3 is 2.55 bits per heavy atom. The first-order chi connectivity index (χ1) is 15.9. The summed E-state index contributed by atoms with van der Waals surface area (Å²) >= 11 is 6.76. The van der Waals surface area contributed by atoms with Crippen LogP contribution in [0.25, 0.3) is 11.0 Å². The number of methoxy groups -OCH3 is 1. The van der Waals surface area contributed by atoms with Gasteiger partial charge in [0.05, 0.1) is 28.6 Å². The number of phenols is 1. The van der Waals surface area contributed by atoms with Gasteiger partial charge in [-0.1, -0.05) is 46.3 Å². The lowest BCUT2D eigenvalue weighted by molar-refractivity contribution is 0.0714. The van der Waals surface area contributed by atoms with Crippen molar-refractivity contribution in [1.82, 2.24) is 4.90 Å². The van der Waals surface area contributed by atoms with Crippen LogP contribution in [0.1, 0.15) is 33.3 Å². The smallest absolute Gasteiger partial charge is 0.291 e. The number of carbonyl (C=O) groups is 1. The van der Waals surface area contributed by atoms with Gasteiger partial charge >= 0.3 is 0 Å². The van der Waals surface area contributed by atoms with Gasteiger partial charge in [-0.3, -0.25) is 9.59 Å². The van der Waals surface area contributed by atoms with Crippen molar-refractivity contribution in [1.29, 1.82) is 0 Å². The number of carbonyl (C=O) groups excluding carboxylic acids is 1. The first kappa shape index (κ1) is 21.7. The highest BCUT2D eigenvalue weighted by molar-refractivity contribution is 9.10. The zero-order chi connectivity index (χ0) is 23.3. The Labute approximate surface area is 205 Å². The van der Waals surface area contributed by atoms with Crippen molar-refractivity contribution < 1.29 is 19.1 Å². The third-order valence-corrected chi connectivity index (χ3v) is 6.81. The maximum Gasteiger partial charge on any atom is 0.291 e. The van der Waals surface area contributed by atoms with Gasteiger partial charge in [-0.15, -0.1) is 0 Å². The minimum atomic E-state index is -0.724. The van der Waals surface area contributed by atoms with Gasteiger partial charge in [0.2, 0.25) is 5.76 Å². The minimum absolute atomic E-state index is 0.0268. The lowest BCUT2D eigenvalue weighted by Gasteiger charge is -2.26. The van der Waals surface area contributed by atoms with Crippen LogP contribution in [0.2, 0.25) is 0 Å². The molecule has 1 aliphatic rings. The van der Waals surface area contributed by atoms with Gasteiger partial charge < -0.3 is 19.2 Å². The van der Waals surface area contributed by atoms with Gasteiger partial charge in [-0.05, 0) is 57.4 Å². The molecule has 1 N–H and O–H groups in total. The summed E-state index contributed by atoms with van der Waals surface area (Å²) < 4.78 is 12.4. The van der Waals surface area contributed by atoms with E-state index in [1.807, 2.05) is 30.3 Å². The molecular weight excluding hydrogens is 554 g/mol. The molecule has 1 amide bonds. The Kier molecular flexibility index (Phi) is 5.50. The number of hydrogen-bond acceptors (Lipinski definition) is 5. The highest BCUT2D eigenvalue weighted by Gasteiger charge is 2.43. The predicted molar refractivity (Wildman–Crippen MR) is 131 cm³/mol. The molecule has 33 heavy (non-hydrogen) atoms. The summed E-state index contributed by atoms with van der Waals surface area (Å²) in [5.41, 5.74) is 1.86. The molecule has 0 aliphatic carbocycles. The van der Waals surface area contributed by atoms with Crippen LogP contribution in [0.4, 0.5) is 0 Å². The van der Waals surface area contributed by atoms with E-state index >= 15 is 0 Å². The molecule has 3 aromatic carbocycles. The quantitative estimate of drug-likeness (QED) is 0.336. The molecule has 2 heterocycles. The number of nitrogens with zero attached hydrogens (tertiary/aromatic N) is 1. The zero-order valence-corrected chi connectivity index (χ0v) is 20.5. The number of aromatic hydroxyl groups is 1. The molecule has 1 atom stereocenters. The van der Waals surface area contributed by atoms with Crippen molar-refractivity contribution in [2.45, 2.75) is 12.6 Å². The fourth-order valence-electron chi connectivity index (χ4n) is 4.19. The van der Waals surface area contributed by atoms with Crippen molar-refractivity contribution >= 4 is 48.7 Å². The van der Waals surface area contributed by atoms with Crippen molar-refractivity contribution in [3.05, 3.63) is 102 Å². The summed E-state index contributed by atoms with van der Waals surface area (Å²) in [5.74, 6) is -0.175. The van der Waals surface area contributed by atoms with Gasteiger partial charge in [-0.2, -0.15) is 0 Å². The zero-order valence-electron chi connectivity index (χ0n) is 17.3. The Balaban J connectivity index is 1.77. The molecule has 6 nitrogen and oxygen atoms in total. The Hall–Kier alpha value is -3.10. The van der Waals surface area contributed by atoms with Crippen LogP contribution < -0.4 is 10.2 Å². The molecule has 0 saturated carbocycles.